The zero-order valence-corrected chi connectivity index (χ0v) is 14.4. The van der Waals surface area contributed by atoms with E-state index in [4.69, 9.17) is 14.2 Å². The molecular formula is C20H21NO4. The van der Waals surface area contributed by atoms with Gasteiger partial charge in [0.1, 0.15) is 12.4 Å². The van der Waals surface area contributed by atoms with Crippen molar-refractivity contribution in [3.05, 3.63) is 59.7 Å². The summed E-state index contributed by atoms with van der Waals surface area (Å²) >= 11 is 0. The third kappa shape index (κ3) is 4.53. The number of ether oxygens (including phenoxy) is 3. The largest absolute Gasteiger partial charge is 0.492 e. The van der Waals surface area contributed by atoms with Crippen molar-refractivity contribution >= 4 is 12.0 Å². The smallest absolute Gasteiger partial charge is 0.246 e. The second kappa shape index (κ2) is 7.75. The summed E-state index contributed by atoms with van der Waals surface area (Å²) in [4.78, 5) is 13.8. The molecule has 0 saturated heterocycles. The summed E-state index contributed by atoms with van der Waals surface area (Å²) in [6.07, 6.45) is 3.31. The molecule has 130 valence electrons. The molecule has 1 aliphatic rings. The zero-order chi connectivity index (χ0) is 17.6. The maximum atomic E-state index is 12.2. The first-order valence-corrected chi connectivity index (χ1v) is 8.14. The molecule has 25 heavy (non-hydrogen) atoms. The molecule has 1 heterocycles. The fourth-order valence-corrected chi connectivity index (χ4v) is 2.43. The quantitative estimate of drug-likeness (QED) is 0.758. The van der Waals surface area contributed by atoms with Crippen LogP contribution in [0.1, 0.15) is 11.1 Å². The minimum Gasteiger partial charge on any atom is -0.492 e. The molecule has 0 saturated carbocycles. The highest BCUT2D eigenvalue weighted by atomic mass is 16.7. The average molecular weight is 339 g/mol. The molecule has 0 aromatic heterocycles. The number of carbonyl (C=O) groups is 1. The van der Waals surface area contributed by atoms with Gasteiger partial charge in [-0.25, -0.2) is 0 Å². The van der Waals surface area contributed by atoms with Crippen LogP contribution < -0.4 is 14.2 Å². The predicted octanol–water partition coefficient (Wildman–Crippen LogP) is 3.27. The van der Waals surface area contributed by atoms with Gasteiger partial charge in [-0.3, -0.25) is 4.79 Å². The molecule has 5 heteroatoms. The summed E-state index contributed by atoms with van der Waals surface area (Å²) in [5.74, 6) is 2.17. The molecule has 3 rings (SSSR count). The van der Waals surface area contributed by atoms with Gasteiger partial charge < -0.3 is 19.1 Å². The van der Waals surface area contributed by atoms with Crippen LogP contribution in [0.15, 0.2) is 48.5 Å². The van der Waals surface area contributed by atoms with E-state index in [1.54, 1.807) is 24.1 Å². The minimum atomic E-state index is -0.0782. The number of likely N-dealkylation sites (N-methyl/N-ethyl adjacent to an activating group) is 1. The van der Waals surface area contributed by atoms with Crippen LogP contribution in [0.5, 0.6) is 17.2 Å². The molecular weight excluding hydrogens is 318 g/mol. The Morgan fingerprint density at radius 1 is 1.20 bits per heavy atom. The van der Waals surface area contributed by atoms with Crippen LogP contribution in [0.25, 0.3) is 6.08 Å². The molecule has 0 spiro atoms. The Hall–Kier alpha value is -2.95. The number of rotatable bonds is 6. The molecule has 2 aromatic rings. The molecule has 0 aliphatic carbocycles. The van der Waals surface area contributed by atoms with E-state index in [-0.39, 0.29) is 12.7 Å². The number of hydrogen-bond donors (Lipinski definition) is 0. The van der Waals surface area contributed by atoms with Crippen LogP contribution in [0.2, 0.25) is 0 Å². The van der Waals surface area contributed by atoms with Crippen LogP contribution in [0.3, 0.4) is 0 Å². The Morgan fingerprint density at radius 3 is 2.88 bits per heavy atom. The van der Waals surface area contributed by atoms with E-state index in [0.29, 0.717) is 18.9 Å². The lowest BCUT2D eigenvalue weighted by Gasteiger charge is -2.15. The fourth-order valence-electron chi connectivity index (χ4n) is 2.43. The third-order valence-corrected chi connectivity index (χ3v) is 3.88. The van der Waals surface area contributed by atoms with Gasteiger partial charge in [0.25, 0.3) is 0 Å². The molecule has 5 nitrogen and oxygen atoms in total. The second-order valence-electron chi connectivity index (χ2n) is 5.87. The van der Waals surface area contributed by atoms with Crippen LogP contribution in [-0.4, -0.2) is 37.8 Å². The predicted molar refractivity (Wildman–Crippen MR) is 95.9 cm³/mol. The van der Waals surface area contributed by atoms with Gasteiger partial charge in [-0.2, -0.15) is 0 Å². The Morgan fingerprint density at radius 2 is 2.04 bits per heavy atom. The Kier molecular flexibility index (Phi) is 5.23. The molecule has 1 amide bonds. The summed E-state index contributed by atoms with van der Waals surface area (Å²) in [5, 5.41) is 0. The number of hydrogen-bond acceptors (Lipinski definition) is 4. The van der Waals surface area contributed by atoms with Gasteiger partial charge in [0.2, 0.25) is 12.7 Å². The number of aryl methyl sites for hydroxylation is 1. The van der Waals surface area contributed by atoms with E-state index in [1.807, 2.05) is 49.4 Å². The lowest BCUT2D eigenvalue weighted by molar-refractivity contribution is -0.125. The molecule has 0 fully saturated rings. The van der Waals surface area contributed by atoms with E-state index in [9.17, 15) is 4.79 Å². The fraction of sp³-hybridized carbons (Fsp3) is 0.250. The van der Waals surface area contributed by atoms with Gasteiger partial charge >= 0.3 is 0 Å². The molecule has 0 atom stereocenters. The highest BCUT2D eigenvalue weighted by Crippen LogP contribution is 2.32. The third-order valence-electron chi connectivity index (χ3n) is 3.88. The average Bonchev–Trinajstić information content (AvgIpc) is 3.07. The van der Waals surface area contributed by atoms with Gasteiger partial charge in [-0.1, -0.05) is 18.2 Å². The Bertz CT molecular complexity index is 785. The normalized spacial score (nSPS) is 12.4. The van der Waals surface area contributed by atoms with Crippen LogP contribution >= 0.6 is 0 Å². The maximum Gasteiger partial charge on any atom is 0.246 e. The van der Waals surface area contributed by atoms with Crippen molar-refractivity contribution in [1.29, 1.82) is 0 Å². The number of benzene rings is 2. The molecule has 0 radical (unpaired) electrons. The molecule has 0 N–H and O–H groups in total. The van der Waals surface area contributed by atoms with E-state index in [0.717, 1.165) is 22.6 Å². The number of fused-ring (bicyclic) bond motifs is 1. The van der Waals surface area contributed by atoms with E-state index in [2.05, 4.69) is 0 Å². The van der Waals surface area contributed by atoms with Gasteiger partial charge in [0.15, 0.2) is 11.5 Å². The van der Waals surface area contributed by atoms with Gasteiger partial charge in [-0.15, -0.1) is 0 Å². The molecule has 1 aliphatic heterocycles. The SMILES string of the molecule is Cc1cccc(OCCN(C)C(=O)C=Cc2ccc3c(c2)OCO3)c1. The van der Waals surface area contributed by atoms with E-state index < -0.39 is 0 Å². The molecule has 0 bridgehead atoms. The van der Waals surface area contributed by atoms with Crippen molar-refractivity contribution in [3.8, 4) is 17.2 Å². The van der Waals surface area contributed by atoms with E-state index in [1.165, 1.54) is 0 Å². The lowest BCUT2D eigenvalue weighted by atomic mass is 10.2. The van der Waals surface area contributed by atoms with Gasteiger partial charge in [0, 0.05) is 13.1 Å². The van der Waals surface area contributed by atoms with Crippen LogP contribution in [0.4, 0.5) is 0 Å². The topological polar surface area (TPSA) is 48.0 Å². The summed E-state index contributed by atoms with van der Waals surface area (Å²) in [5.41, 5.74) is 2.04. The van der Waals surface area contributed by atoms with E-state index >= 15 is 0 Å². The monoisotopic (exact) mass is 339 g/mol. The first kappa shape index (κ1) is 16.9. The Labute approximate surface area is 147 Å². The summed E-state index contributed by atoms with van der Waals surface area (Å²) < 4.78 is 16.3. The highest BCUT2D eigenvalue weighted by molar-refractivity contribution is 5.91. The first-order chi connectivity index (χ1) is 12.1. The summed E-state index contributed by atoms with van der Waals surface area (Å²) in [6.45, 7) is 3.22. The van der Waals surface area contributed by atoms with Crippen molar-refractivity contribution in [2.24, 2.45) is 0 Å². The Balaban J connectivity index is 1.48. The number of carbonyl (C=O) groups excluding carboxylic acids is 1. The van der Waals surface area contributed by atoms with Crippen LogP contribution in [-0.2, 0) is 4.79 Å². The van der Waals surface area contributed by atoms with Crippen molar-refractivity contribution < 1.29 is 19.0 Å². The van der Waals surface area contributed by atoms with Crippen molar-refractivity contribution in [3.63, 3.8) is 0 Å². The van der Waals surface area contributed by atoms with Gasteiger partial charge in [-0.05, 0) is 48.4 Å². The van der Waals surface area contributed by atoms with Gasteiger partial charge in [0.05, 0.1) is 6.54 Å². The minimum absolute atomic E-state index is 0.0782. The summed E-state index contributed by atoms with van der Waals surface area (Å²) in [6, 6.07) is 13.4. The second-order valence-corrected chi connectivity index (χ2v) is 5.87. The van der Waals surface area contributed by atoms with Crippen molar-refractivity contribution in [2.75, 3.05) is 27.0 Å². The maximum absolute atomic E-state index is 12.2. The molecule has 0 unspecified atom stereocenters. The first-order valence-electron chi connectivity index (χ1n) is 8.14. The van der Waals surface area contributed by atoms with Crippen LogP contribution in [0, 0.1) is 6.92 Å². The number of amides is 1. The van der Waals surface area contributed by atoms with Crippen molar-refractivity contribution in [1.82, 2.24) is 4.90 Å². The lowest BCUT2D eigenvalue weighted by Crippen LogP contribution is -2.29. The van der Waals surface area contributed by atoms with Crippen molar-refractivity contribution in [2.45, 2.75) is 6.92 Å². The zero-order valence-electron chi connectivity index (χ0n) is 14.4. The number of nitrogens with zero attached hydrogens (tertiary/aromatic N) is 1. The molecule has 2 aromatic carbocycles. The highest BCUT2D eigenvalue weighted by Gasteiger charge is 2.12. The standard InChI is InChI=1S/C20H21NO4/c1-15-4-3-5-17(12-15)23-11-10-21(2)20(22)9-7-16-6-8-18-19(13-16)25-14-24-18/h3-9,12-13H,10-11,14H2,1-2H3. The summed E-state index contributed by atoms with van der Waals surface area (Å²) in [7, 11) is 1.76.